The summed E-state index contributed by atoms with van der Waals surface area (Å²) in [5, 5.41) is 1.20. The lowest BCUT2D eigenvalue weighted by Gasteiger charge is -2.36. The van der Waals surface area contributed by atoms with Crippen molar-refractivity contribution in [2.75, 3.05) is 119 Å². The van der Waals surface area contributed by atoms with Crippen LogP contribution in [0.2, 0.25) is 10.0 Å². The fraction of sp³-hybridized carbons (Fsp3) is 0.294. The summed E-state index contributed by atoms with van der Waals surface area (Å²) in [6.07, 6.45) is 0.594. The van der Waals surface area contributed by atoms with Crippen LogP contribution in [0.1, 0.15) is 11.1 Å². The molecule has 0 fully saturated rings. The lowest BCUT2D eigenvalue weighted by molar-refractivity contribution is 0.394. The summed E-state index contributed by atoms with van der Waals surface area (Å²) >= 11 is 14.9. The molecule has 63 heavy (non-hydrogen) atoms. The SMILES string of the molecule is COc1cc(N(C)C)ccc1[N+](C)(c1ccc(Cc2ccc([N+](C)(c3ccc(N(C)C)cc3OC)c3ccc(N(C)C)cc3OC)c(Cl)c2)cc1Cl)c1ccc(N(C)C)cc1OC. The molecule has 0 unspecified atom stereocenters. The molecule has 0 aliphatic heterocycles. The van der Waals surface area contributed by atoms with Gasteiger partial charge in [0.05, 0.1) is 42.5 Å². The minimum absolute atomic E-state index is 0.182. The maximum absolute atomic E-state index is 7.43. The smallest absolute Gasteiger partial charge is 0.185 e. The van der Waals surface area contributed by atoms with Gasteiger partial charge in [-0.05, 0) is 53.9 Å². The molecular weight excluding hydrogens is 832 g/mol. The van der Waals surface area contributed by atoms with Crippen molar-refractivity contribution in [3.05, 3.63) is 130 Å². The van der Waals surface area contributed by atoms with Gasteiger partial charge in [0.1, 0.15) is 10.0 Å². The molecule has 332 valence electrons. The Labute approximate surface area is 384 Å². The van der Waals surface area contributed by atoms with Crippen LogP contribution in [-0.4, -0.2) is 98.9 Å². The van der Waals surface area contributed by atoms with Gasteiger partial charge in [-0.15, -0.1) is 0 Å². The third-order valence-corrected chi connectivity index (χ3v) is 12.6. The first-order valence-corrected chi connectivity index (χ1v) is 21.4. The second kappa shape index (κ2) is 18.9. The van der Waals surface area contributed by atoms with Gasteiger partial charge in [-0.3, -0.25) is 0 Å². The van der Waals surface area contributed by atoms with Gasteiger partial charge in [-0.2, -0.15) is 0 Å². The molecule has 0 saturated carbocycles. The number of benzene rings is 6. The van der Waals surface area contributed by atoms with Crippen molar-refractivity contribution in [2.45, 2.75) is 6.42 Å². The van der Waals surface area contributed by atoms with Gasteiger partial charge in [0.15, 0.2) is 57.1 Å². The highest BCUT2D eigenvalue weighted by Crippen LogP contribution is 2.55. The van der Waals surface area contributed by atoms with E-state index in [1.807, 2.05) is 68.5 Å². The molecule has 6 rings (SSSR count). The van der Waals surface area contributed by atoms with Crippen molar-refractivity contribution in [3.8, 4) is 23.0 Å². The van der Waals surface area contributed by atoms with Crippen molar-refractivity contribution < 1.29 is 18.9 Å². The Morgan fingerprint density at radius 3 is 0.810 bits per heavy atom. The summed E-state index contributed by atoms with van der Waals surface area (Å²) in [5.41, 5.74) is 11.5. The normalized spacial score (nSPS) is 11.6. The first-order chi connectivity index (χ1) is 29.9. The Morgan fingerprint density at radius 2 is 0.603 bits per heavy atom. The van der Waals surface area contributed by atoms with Crippen molar-refractivity contribution in [2.24, 2.45) is 0 Å². The molecule has 0 aliphatic carbocycles. The Kier molecular flexibility index (Phi) is 14.0. The molecule has 12 heteroatoms. The zero-order chi connectivity index (χ0) is 46.0. The molecule has 10 nitrogen and oxygen atoms in total. The number of rotatable bonds is 16. The molecule has 0 N–H and O–H groups in total. The van der Waals surface area contributed by atoms with Crippen molar-refractivity contribution in [1.29, 1.82) is 0 Å². The predicted octanol–water partition coefficient (Wildman–Crippen LogP) is 12.1. The molecule has 6 aromatic rings. The van der Waals surface area contributed by atoms with Crippen LogP contribution in [0, 0.1) is 0 Å². The Balaban J connectivity index is 1.46. The quantitative estimate of drug-likeness (QED) is 0.0891. The highest BCUT2D eigenvalue weighted by Gasteiger charge is 2.41. The van der Waals surface area contributed by atoms with Crippen LogP contribution >= 0.6 is 23.2 Å². The van der Waals surface area contributed by atoms with Crippen LogP contribution in [0.5, 0.6) is 23.0 Å². The van der Waals surface area contributed by atoms with Crippen molar-refractivity contribution in [3.63, 3.8) is 0 Å². The summed E-state index contributed by atoms with van der Waals surface area (Å²) in [7, 11) is 27.2. The molecule has 6 aromatic carbocycles. The zero-order valence-corrected chi connectivity index (χ0v) is 40.7. The van der Waals surface area contributed by atoms with Crippen molar-refractivity contribution in [1.82, 2.24) is 8.97 Å². The average molecular weight is 894 g/mol. The van der Waals surface area contributed by atoms with Crippen LogP contribution in [0.4, 0.5) is 56.9 Å². The Bertz CT molecular complexity index is 2300. The van der Waals surface area contributed by atoms with Gasteiger partial charge in [0.25, 0.3) is 0 Å². The molecule has 0 atom stereocenters. The van der Waals surface area contributed by atoms with E-state index in [4.69, 9.17) is 42.1 Å². The van der Waals surface area contributed by atoms with Crippen LogP contribution in [-0.2, 0) is 6.42 Å². The van der Waals surface area contributed by atoms with E-state index in [2.05, 4.69) is 131 Å². The Hall–Kier alpha value is -5.78. The molecular formula is C51H62Cl2N6O4+2. The number of nitrogens with zero attached hydrogens (tertiary/aromatic N) is 6. The van der Waals surface area contributed by atoms with E-state index in [9.17, 15) is 0 Å². The van der Waals surface area contributed by atoms with E-state index >= 15 is 0 Å². The fourth-order valence-corrected chi connectivity index (χ4v) is 9.06. The van der Waals surface area contributed by atoms with Gasteiger partial charge in [0.2, 0.25) is 0 Å². The number of ether oxygens (including phenoxy) is 4. The maximum Gasteiger partial charge on any atom is 0.185 e. The monoisotopic (exact) mass is 892 g/mol. The molecule has 0 heterocycles. The lowest BCUT2D eigenvalue weighted by Crippen LogP contribution is -2.35. The van der Waals surface area contributed by atoms with Gasteiger partial charge in [-0.25, -0.2) is 8.97 Å². The average Bonchev–Trinajstić information content (AvgIpc) is 3.27. The molecule has 0 bridgehead atoms. The van der Waals surface area contributed by atoms with Crippen LogP contribution < -0.4 is 47.5 Å². The summed E-state index contributed by atoms with van der Waals surface area (Å²) in [6.45, 7) is 0. The van der Waals surface area contributed by atoms with Crippen molar-refractivity contribution >= 4 is 80.1 Å². The second-order valence-electron chi connectivity index (χ2n) is 16.8. The summed E-state index contributed by atoms with van der Waals surface area (Å²) in [6, 6.07) is 37.6. The standard InChI is InChI=1S/C51H62Cl2N6O4/c1-54(2)36-17-23-44(48(30-36)60-11)58(9,45-24-18-37(55(3)4)31-49(45)61-12)42-21-15-34(28-40(42)52)27-35-16-22-43(41(53)29-35)59(10,46-25-19-38(56(5)6)32-50(46)62-13)47-26-20-39(57(7)8)33-51(47)63-14/h15-26,28-33H,27H2,1-14H3/q+2. The molecule has 0 spiro atoms. The molecule has 0 saturated heterocycles. The molecule has 0 aliphatic rings. The number of quaternary nitrogens is 2. The second-order valence-corrected chi connectivity index (χ2v) is 17.6. The number of hydrogen-bond donors (Lipinski definition) is 0. The van der Waals surface area contributed by atoms with Gasteiger partial charge in [0, 0.05) is 140 Å². The summed E-state index contributed by atoms with van der Waals surface area (Å²) in [4.78, 5) is 8.23. The third-order valence-electron chi connectivity index (χ3n) is 12.0. The number of hydrogen-bond acceptors (Lipinski definition) is 8. The minimum atomic E-state index is 0.182. The topological polar surface area (TPSA) is 49.9 Å². The Morgan fingerprint density at radius 1 is 0.365 bits per heavy atom. The summed E-state index contributed by atoms with van der Waals surface area (Å²) < 4.78 is 24.7. The van der Waals surface area contributed by atoms with E-state index < -0.39 is 0 Å². The third kappa shape index (κ3) is 8.91. The maximum atomic E-state index is 7.43. The zero-order valence-electron chi connectivity index (χ0n) is 39.2. The van der Waals surface area contributed by atoms with Crippen LogP contribution in [0.15, 0.2) is 109 Å². The van der Waals surface area contributed by atoms with Gasteiger partial charge in [-0.1, -0.05) is 35.3 Å². The highest BCUT2D eigenvalue weighted by atomic mass is 35.5. The van der Waals surface area contributed by atoms with E-state index in [1.54, 1.807) is 28.4 Å². The first kappa shape index (κ1) is 46.7. The van der Waals surface area contributed by atoms with E-state index in [0.29, 0.717) is 16.5 Å². The van der Waals surface area contributed by atoms with E-state index in [0.717, 1.165) is 91.0 Å². The molecule has 0 radical (unpaired) electrons. The van der Waals surface area contributed by atoms with Gasteiger partial charge >= 0.3 is 0 Å². The van der Waals surface area contributed by atoms with Crippen LogP contribution in [0.3, 0.4) is 0 Å². The largest absolute Gasteiger partial charge is 0.491 e. The predicted molar refractivity (Wildman–Crippen MR) is 269 cm³/mol. The van der Waals surface area contributed by atoms with Crippen LogP contribution in [0.25, 0.3) is 0 Å². The lowest BCUT2D eigenvalue weighted by atomic mass is 10.0. The highest BCUT2D eigenvalue weighted by molar-refractivity contribution is 6.34. The molecule has 0 amide bonds. The fourth-order valence-electron chi connectivity index (χ4n) is 8.32. The van der Waals surface area contributed by atoms with Gasteiger partial charge < -0.3 is 38.5 Å². The number of anilines is 4. The van der Waals surface area contributed by atoms with E-state index in [1.165, 1.54) is 0 Å². The molecule has 0 aromatic heterocycles. The first-order valence-electron chi connectivity index (χ1n) is 20.7. The minimum Gasteiger partial charge on any atom is -0.491 e. The number of methoxy groups -OCH3 is 4. The van der Waals surface area contributed by atoms with E-state index in [-0.39, 0.29) is 8.97 Å². The summed E-state index contributed by atoms with van der Waals surface area (Å²) in [5.74, 6) is 2.89. The number of halogens is 2.